The molecule has 5 rings (SSSR count). The summed E-state index contributed by atoms with van der Waals surface area (Å²) in [4.78, 5) is 22.4. The molecule has 2 aromatic heterocycles. The summed E-state index contributed by atoms with van der Waals surface area (Å²) in [6, 6.07) is 17.0. The molecule has 0 bridgehead atoms. The Balaban J connectivity index is 1.60. The van der Waals surface area contributed by atoms with Gasteiger partial charge in [-0.05, 0) is 48.9 Å². The van der Waals surface area contributed by atoms with E-state index in [9.17, 15) is 9.90 Å². The van der Waals surface area contributed by atoms with Crippen molar-refractivity contribution in [3.63, 3.8) is 0 Å². The minimum atomic E-state index is -0.579. The number of phenols is 1. The molecule has 0 aliphatic carbocycles. The van der Waals surface area contributed by atoms with Crippen molar-refractivity contribution in [2.24, 2.45) is 0 Å². The maximum atomic E-state index is 13.6. The molecule has 1 amide bonds. The number of pyridine rings is 1. The molecule has 3 N–H and O–H groups in total. The number of amides is 1. The zero-order chi connectivity index (χ0) is 23.7. The number of hydrogen-bond donors (Lipinski definition) is 3. The zero-order valence-corrected chi connectivity index (χ0v) is 18.6. The van der Waals surface area contributed by atoms with Gasteiger partial charge in [-0.3, -0.25) is 9.78 Å². The van der Waals surface area contributed by atoms with E-state index >= 15 is 0 Å². The Morgan fingerprint density at radius 3 is 2.65 bits per heavy atom. The van der Waals surface area contributed by atoms with E-state index in [0.29, 0.717) is 34.5 Å². The van der Waals surface area contributed by atoms with Crippen LogP contribution in [-0.2, 0) is 4.79 Å². The molecule has 0 fully saturated rings. The maximum Gasteiger partial charge on any atom is 0.255 e. The highest BCUT2D eigenvalue weighted by Gasteiger charge is 2.34. The molecule has 0 radical (unpaired) electrons. The third kappa shape index (κ3) is 3.83. The predicted molar refractivity (Wildman–Crippen MR) is 127 cm³/mol. The molecule has 34 heavy (non-hydrogen) atoms. The van der Waals surface area contributed by atoms with Crippen LogP contribution in [0.15, 0.2) is 84.3 Å². The van der Waals surface area contributed by atoms with Crippen molar-refractivity contribution in [2.45, 2.75) is 13.0 Å². The predicted octanol–water partition coefficient (Wildman–Crippen LogP) is 3.98. The van der Waals surface area contributed by atoms with E-state index in [-0.39, 0.29) is 11.7 Å². The molecule has 0 saturated heterocycles. The van der Waals surface area contributed by atoms with E-state index in [0.717, 1.165) is 11.1 Å². The first kappa shape index (κ1) is 21.2. The van der Waals surface area contributed by atoms with Crippen LogP contribution in [-0.4, -0.2) is 37.9 Å². The topological polar surface area (TPSA) is 114 Å². The van der Waals surface area contributed by atoms with Crippen LogP contribution in [0.3, 0.4) is 0 Å². The third-order valence-corrected chi connectivity index (χ3v) is 5.58. The first-order chi connectivity index (χ1) is 16.5. The Hall–Kier alpha value is -4.66. The summed E-state index contributed by atoms with van der Waals surface area (Å²) in [5.74, 6) is 1.37. The number of benzene rings is 2. The molecule has 2 aromatic carbocycles. The highest BCUT2D eigenvalue weighted by atomic mass is 16.5. The third-order valence-electron chi connectivity index (χ3n) is 5.58. The van der Waals surface area contributed by atoms with E-state index in [2.05, 4.69) is 20.6 Å². The number of methoxy groups -OCH3 is 1. The second-order valence-corrected chi connectivity index (χ2v) is 7.76. The number of carbonyl (C=O) groups excluding carboxylic acids is 1. The Kier molecular flexibility index (Phi) is 5.43. The van der Waals surface area contributed by atoms with E-state index in [1.807, 2.05) is 31.2 Å². The molecule has 0 spiro atoms. The van der Waals surface area contributed by atoms with Crippen LogP contribution in [0.4, 0.5) is 11.6 Å². The van der Waals surface area contributed by atoms with Crippen molar-refractivity contribution in [3.8, 4) is 22.9 Å². The van der Waals surface area contributed by atoms with Gasteiger partial charge in [-0.2, -0.15) is 4.98 Å². The Morgan fingerprint density at radius 1 is 1.12 bits per heavy atom. The molecule has 4 aromatic rings. The van der Waals surface area contributed by atoms with E-state index in [4.69, 9.17) is 9.84 Å². The first-order valence-electron chi connectivity index (χ1n) is 10.6. The van der Waals surface area contributed by atoms with Crippen LogP contribution < -0.4 is 15.4 Å². The number of allylic oxidation sites excluding steroid dienone is 1. The SMILES string of the molecule is COc1ccccc1NC(=O)C1=C(C)Nc2nc(-c3cccnc3)nn2C1c1ccc(O)cc1. The fourth-order valence-corrected chi connectivity index (χ4v) is 3.96. The summed E-state index contributed by atoms with van der Waals surface area (Å²) in [5, 5.41) is 20.7. The van der Waals surface area contributed by atoms with Crippen molar-refractivity contribution < 1.29 is 14.6 Å². The summed E-state index contributed by atoms with van der Waals surface area (Å²) >= 11 is 0. The lowest BCUT2D eigenvalue weighted by Crippen LogP contribution is -2.31. The molecule has 9 heteroatoms. The van der Waals surface area contributed by atoms with Crippen LogP contribution >= 0.6 is 0 Å². The monoisotopic (exact) mass is 454 g/mol. The minimum absolute atomic E-state index is 0.133. The highest BCUT2D eigenvalue weighted by molar-refractivity contribution is 6.06. The van der Waals surface area contributed by atoms with Gasteiger partial charge >= 0.3 is 0 Å². The quantitative estimate of drug-likeness (QED) is 0.418. The Morgan fingerprint density at radius 2 is 1.91 bits per heavy atom. The molecule has 3 heterocycles. The number of rotatable bonds is 5. The lowest BCUT2D eigenvalue weighted by atomic mass is 9.95. The van der Waals surface area contributed by atoms with Crippen molar-refractivity contribution in [2.75, 3.05) is 17.7 Å². The largest absolute Gasteiger partial charge is 0.508 e. The summed E-state index contributed by atoms with van der Waals surface area (Å²) in [6.45, 7) is 1.83. The minimum Gasteiger partial charge on any atom is -0.508 e. The number of fused-ring (bicyclic) bond motifs is 1. The summed E-state index contributed by atoms with van der Waals surface area (Å²) in [7, 11) is 1.55. The van der Waals surface area contributed by atoms with Crippen LogP contribution in [0, 0.1) is 0 Å². The van der Waals surface area contributed by atoms with Crippen molar-refractivity contribution in [1.82, 2.24) is 19.7 Å². The van der Waals surface area contributed by atoms with E-state index < -0.39 is 6.04 Å². The number of carbonyl (C=O) groups is 1. The van der Waals surface area contributed by atoms with Crippen LogP contribution in [0.1, 0.15) is 18.5 Å². The second-order valence-electron chi connectivity index (χ2n) is 7.76. The Bertz CT molecular complexity index is 1380. The van der Waals surface area contributed by atoms with Gasteiger partial charge in [0.05, 0.1) is 18.4 Å². The van der Waals surface area contributed by atoms with Gasteiger partial charge in [-0.1, -0.05) is 24.3 Å². The average Bonchev–Trinajstić information content (AvgIpc) is 3.28. The molecular weight excluding hydrogens is 432 g/mol. The number of aromatic nitrogens is 4. The van der Waals surface area contributed by atoms with Crippen molar-refractivity contribution in [3.05, 3.63) is 89.9 Å². The Labute approximate surface area is 195 Å². The first-order valence-corrected chi connectivity index (χ1v) is 10.6. The molecule has 0 saturated carbocycles. The van der Waals surface area contributed by atoms with Gasteiger partial charge in [0.25, 0.3) is 5.91 Å². The molecule has 170 valence electrons. The number of aromatic hydroxyl groups is 1. The normalized spacial score (nSPS) is 14.8. The molecule has 1 unspecified atom stereocenters. The number of nitrogens with zero attached hydrogens (tertiary/aromatic N) is 4. The van der Waals surface area contributed by atoms with Crippen LogP contribution in [0.5, 0.6) is 11.5 Å². The number of ether oxygens (including phenoxy) is 1. The van der Waals surface area contributed by atoms with Gasteiger partial charge in [0.2, 0.25) is 5.95 Å². The number of para-hydroxylation sites is 2. The molecule has 1 atom stereocenters. The van der Waals surface area contributed by atoms with Crippen LogP contribution in [0.25, 0.3) is 11.4 Å². The maximum absolute atomic E-state index is 13.6. The smallest absolute Gasteiger partial charge is 0.255 e. The molecular formula is C25H22N6O3. The number of hydrogen-bond acceptors (Lipinski definition) is 7. The van der Waals surface area contributed by atoms with Gasteiger partial charge in [0.1, 0.15) is 17.5 Å². The summed E-state index contributed by atoms with van der Waals surface area (Å²) in [6.07, 6.45) is 3.37. The second kappa shape index (κ2) is 8.70. The van der Waals surface area contributed by atoms with E-state index in [1.165, 1.54) is 0 Å². The zero-order valence-electron chi connectivity index (χ0n) is 18.6. The lowest BCUT2D eigenvalue weighted by molar-refractivity contribution is -0.113. The van der Waals surface area contributed by atoms with Gasteiger partial charge < -0.3 is 20.5 Å². The summed E-state index contributed by atoms with van der Waals surface area (Å²) in [5.41, 5.74) is 3.19. The average molecular weight is 454 g/mol. The molecule has 9 nitrogen and oxygen atoms in total. The van der Waals surface area contributed by atoms with Gasteiger partial charge in [-0.15, -0.1) is 5.10 Å². The molecule has 1 aliphatic rings. The fraction of sp³-hybridized carbons (Fsp3) is 0.120. The van der Waals surface area contributed by atoms with Gasteiger partial charge in [0, 0.05) is 23.7 Å². The number of nitrogens with one attached hydrogen (secondary N) is 2. The van der Waals surface area contributed by atoms with E-state index in [1.54, 1.807) is 60.6 Å². The number of anilines is 2. The van der Waals surface area contributed by atoms with Crippen molar-refractivity contribution >= 4 is 17.5 Å². The lowest BCUT2D eigenvalue weighted by Gasteiger charge is -2.28. The van der Waals surface area contributed by atoms with Gasteiger partial charge in [-0.25, -0.2) is 4.68 Å². The fourth-order valence-electron chi connectivity index (χ4n) is 3.96. The number of phenolic OH excluding ortho intramolecular Hbond substituents is 1. The molecule has 1 aliphatic heterocycles. The standard InChI is InChI=1S/C25H22N6O3/c1-15-21(24(33)28-19-7-3-4-8-20(19)34-2)22(16-9-11-18(32)12-10-16)31-25(27-15)29-23(30-31)17-6-5-13-26-14-17/h3-14,22,32H,1-2H3,(H,28,33)(H,27,29,30). The summed E-state index contributed by atoms with van der Waals surface area (Å²) < 4.78 is 7.07. The van der Waals surface area contributed by atoms with Crippen LogP contribution in [0.2, 0.25) is 0 Å². The van der Waals surface area contributed by atoms with Crippen molar-refractivity contribution in [1.29, 1.82) is 0 Å². The highest BCUT2D eigenvalue weighted by Crippen LogP contribution is 2.37. The van der Waals surface area contributed by atoms with Gasteiger partial charge in [0.15, 0.2) is 5.82 Å².